The SMILES string of the molecule is Cc1ccc([C@H](C)O)c(OCC2CN(C)CCO2)c1. The Kier molecular flexibility index (Phi) is 4.80. The van der Waals surface area contributed by atoms with Gasteiger partial charge in [-0.15, -0.1) is 0 Å². The third kappa shape index (κ3) is 3.93. The smallest absolute Gasteiger partial charge is 0.125 e. The van der Waals surface area contributed by atoms with Crippen molar-refractivity contribution in [2.45, 2.75) is 26.1 Å². The first-order valence-electron chi connectivity index (χ1n) is 6.78. The maximum atomic E-state index is 9.75. The lowest BCUT2D eigenvalue weighted by Gasteiger charge is -2.30. The maximum absolute atomic E-state index is 9.75. The first kappa shape index (κ1) is 14.3. The van der Waals surface area contributed by atoms with Crippen LogP contribution in [0.15, 0.2) is 18.2 Å². The predicted octanol–water partition coefficient (Wildman–Crippen LogP) is 1.76. The highest BCUT2D eigenvalue weighted by Gasteiger charge is 2.19. The molecule has 1 unspecified atom stereocenters. The summed E-state index contributed by atoms with van der Waals surface area (Å²) >= 11 is 0. The van der Waals surface area contributed by atoms with E-state index in [0.717, 1.165) is 36.6 Å². The Bertz CT molecular complexity index is 420. The molecule has 1 saturated heterocycles. The average Bonchev–Trinajstić information content (AvgIpc) is 2.36. The molecule has 1 aliphatic rings. The summed E-state index contributed by atoms with van der Waals surface area (Å²) in [5, 5.41) is 9.75. The third-order valence-electron chi connectivity index (χ3n) is 3.39. The van der Waals surface area contributed by atoms with Crippen molar-refractivity contribution in [2.75, 3.05) is 33.4 Å². The zero-order valence-corrected chi connectivity index (χ0v) is 11.9. The number of benzene rings is 1. The second kappa shape index (κ2) is 6.37. The molecule has 1 heterocycles. The summed E-state index contributed by atoms with van der Waals surface area (Å²) in [7, 11) is 2.09. The van der Waals surface area contributed by atoms with Crippen molar-refractivity contribution in [3.8, 4) is 5.75 Å². The summed E-state index contributed by atoms with van der Waals surface area (Å²) in [4.78, 5) is 2.24. The van der Waals surface area contributed by atoms with E-state index in [1.165, 1.54) is 0 Å². The number of nitrogens with zero attached hydrogens (tertiary/aromatic N) is 1. The van der Waals surface area contributed by atoms with E-state index in [0.29, 0.717) is 6.61 Å². The van der Waals surface area contributed by atoms with Gasteiger partial charge in [0, 0.05) is 18.7 Å². The molecule has 0 radical (unpaired) electrons. The number of rotatable bonds is 4. The van der Waals surface area contributed by atoms with Crippen LogP contribution in [0.2, 0.25) is 0 Å². The van der Waals surface area contributed by atoms with Crippen molar-refractivity contribution < 1.29 is 14.6 Å². The number of ether oxygens (including phenoxy) is 2. The Labute approximate surface area is 114 Å². The fourth-order valence-corrected chi connectivity index (χ4v) is 2.26. The first-order valence-corrected chi connectivity index (χ1v) is 6.78. The van der Waals surface area contributed by atoms with Crippen LogP contribution in [0.5, 0.6) is 5.75 Å². The highest BCUT2D eigenvalue weighted by atomic mass is 16.5. The van der Waals surface area contributed by atoms with Gasteiger partial charge in [-0.3, -0.25) is 0 Å². The van der Waals surface area contributed by atoms with Gasteiger partial charge in [-0.1, -0.05) is 12.1 Å². The van der Waals surface area contributed by atoms with E-state index < -0.39 is 6.10 Å². The number of morpholine rings is 1. The normalized spacial score (nSPS) is 22.2. The molecule has 1 aliphatic heterocycles. The van der Waals surface area contributed by atoms with Crippen molar-refractivity contribution >= 4 is 0 Å². The minimum atomic E-state index is -0.523. The molecule has 0 spiro atoms. The van der Waals surface area contributed by atoms with Crippen molar-refractivity contribution in [3.63, 3.8) is 0 Å². The molecule has 4 heteroatoms. The van der Waals surface area contributed by atoms with E-state index in [2.05, 4.69) is 11.9 Å². The number of hydrogen-bond donors (Lipinski definition) is 1. The highest BCUT2D eigenvalue weighted by Crippen LogP contribution is 2.26. The monoisotopic (exact) mass is 265 g/mol. The highest BCUT2D eigenvalue weighted by molar-refractivity contribution is 5.38. The summed E-state index contributed by atoms with van der Waals surface area (Å²) < 4.78 is 11.5. The lowest BCUT2D eigenvalue weighted by Crippen LogP contribution is -2.42. The Morgan fingerprint density at radius 3 is 3.00 bits per heavy atom. The molecule has 0 amide bonds. The van der Waals surface area contributed by atoms with Crippen molar-refractivity contribution in [2.24, 2.45) is 0 Å². The van der Waals surface area contributed by atoms with Crippen LogP contribution in [0.4, 0.5) is 0 Å². The van der Waals surface area contributed by atoms with Crippen molar-refractivity contribution in [3.05, 3.63) is 29.3 Å². The van der Waals surface area contributed by atoms with Gasteiger partial charge in [-0.2, -0.15) is 0 Å². The topological polar surface area (TPSA) is 41.9 Å². The first-order chi connectivity index (χ1) is 9.06. The van der Waals surface area contributed by atoms with Gasteiger partial charge in [0.1, 0.15) is 18.5 Å². The second-order valence-electron chi connectivity index (χ2n) is 5.28. The summed E-state index contributed by atoms with van der Waals surface area (Å²) in [6.45, 7) is 6.90. The van der Waals surface area contributed by atoms with E-state index in [1.807, 2.05) is 25.1 Å². The number of aliphatic hydroxyl groups is 1. The summed E-state index contributed by atoms with van der Waals surface area (Å²) in [6, 6.07) is 5.87. The van der Waals surface area contributed by atoms with Crippen LogP contribution in [0, 0.1) is 6.92 Å². The quantitative estimate of drug-likeness (QED) is 0.900. The van der Waals surface area contributed by atoms with Crippen LogP contribution < -0.4 is 4.74 Å². The van der Waals surface area contributed by atoms with Gasteiger partial charge in [0.2, 0.25) is 0 Å². The molecule has 4 nitrogen and oxygen atoms in total. The van der Waals surface area contributed by atoms with E-state index >= 15 is 0 Å². The molecule has 2 rings (SSSR count). The summed E-state index contributed by atoms with van der Waals surface area (Å²) in [6.07, 6.45) is -0.424. The zero-order valence-electron chi connectivity index (χ0n) is 11.9. The summed E-state index contributed by atoms with van der Waals surface area (Å²) in [5.41, 5.74) is 1.95. The van der Waals surface area contributed by atoms with Gasteiger partial charge in [0.05, 0.1) is 12.7 Å². The average molecular weight is 265 g/mol. The van der Waals surface area contributed by atoms with Gasteiger partial charge in [0.15, 0.2) is 0 Å². The lowest BCUT2D eigenvalue weighted by molar-refractivity contribution is -0.0407. The maximum Gasteiger partial charge on any atom is 0.125 e. The fraction of sp³-hybridized carbons (Fsp3) is 0.600. The summed E-state index contributed by atoms with van der Waals surface area (Å²) in [5.74, 6) is 0.756. The number of likely N-dealkylation sites (N-methyl/N-ethyl adjacent to an activating group) is 1. The molecule has 2 atom stereocenters. The Balaban J connectivity index is 2.00. The van der Waals surface area contributed by atoms with Crippen LogP contribution in [0.1, 0.15) is 24.2 Å². The molecule has 0 aliphatic carbocycles. The number of aliphatic hydroxyl groups excluding tert-OH is 1. The van der Waals surface area contributed by atoms with Gasteiger partial charge in [-0.05, 0) is 32.5 Å². The van der Waals surface area contributed by atoms with E-state index in [9.17, 15) is 5.11 Å². The van der Waals surface area contributed by atoms with Gasteiger partial charge in [0.25, 0.3) is 0 Å². The lowest BCUT2D eigenvalue weighted by atomic mass is 10.1. The molecule has 1 aromatic rings. The molecule has 106 valence electrons. The van der Waals surface area contributed by atoms with Crippen molar-refractivity contribution in [1.29, 1.82) is 0 Å². The van der Waals surface area contributed by atoms with E-state index in [-0.39, 0.29) is 6.10 Å². The molecule has 0 bridgehead atoms. The van der Waals surface area contributed by atoms with Crippen molar-refractivity contribution in [1.82, 2.24) is 4.90 Å². The van der Waals surface area contributed by atoms with Crippen LogP contribution in [0.3, 0.4) is 0 Å². The molecule has 1 fully saturated rings. The molecule has 0 saturated carbocycles. The van der Waals surface area contributed by atoms with Crippen LogP contribution in [-0.4, -0.2) is 49.5 Å². The van der Waals surface area contributed by atoms with Crippen LogP contribution >= 0.6 is 0 Å². The Hall–Kier alpha value is -1.10. The second-order valence-corrected chi connectivity index (χ2v) is 5.28. The molecular formula is C15H23NO3. The minimum Gasteiger partial charge on any atom is -0.490 e. The van der Waals surface area contributed by atoms with Crippen LogP contribution in [-0.2, 0) is 4.74 Å². The van der Waals surface area contributed by atoms with Gasteiger partial charge in [-0.25, -0.2) is 0 Å². The Morgan fingerprint density at radius 1 is 1.53 bits per heavy atom. The van der Waals surface area contributed by atoms with Gasteiger partial charge < -0.3 is 19.5 Å². The predicted molar refractivity (Wildman–Crippen MR) is 74.5 cm³/mol. The number of aryl methyl sites for hydroxylation is 1. The molecule has 1 aromatic carbocycles. The molecule has 19 heavy (non-hydrogen) atoms. The van der Waals surface area contributed by atoms with E-state index in [4.69, 9.17) is 9.47 Å². The van der Waals surface area contributed by atoms with Gasteiger partial charge >= 0.3 is 0 Å². The number of hydrogen-bond acceptors (Lipinski definition) is 4. The molecule has 0 aromatic heterocycles. The minimum absolute atomic E-state index is 0.0983. The molecule has 1 N–H and O–H groups in total. The van der Waals surface area contributed by atoms with E-state index in [1.54, 1.807) is 6.92 Å². The molecular weight excluding hydrogens is 242 g/mol. The van der Waals surface area contributed by atoms with Crippen LogP contribution in [0.25, 0.3) is 0 Å². The fourth-order valence-electron chi connectivity index (χ4n) is 2.26. The largest absolute Gasteiger partial charge is 0.490 e. The Morgan fingerprint density at radius 2 is 2.32 bits per heavy atom. The zero-order chi connectivity index (χ0) is 13.8. The standard InChI is InChI=1S/C15H23NO3/c1-11-4-5-14(12(2)17)15(8-11)19-10-13-9-16(3)6-7-18-13/h4-5,8,12-13,17H,6-7,9-10H2,1-3H3/t12-,13?/m0/s1. The third-order valence-corrected chi connectivity index (χ3v) is 3.39.